The number of aromatic hydroxyl groups is 1. The molecule has 0 aliphatic carbocycles. The van der Waals surface area contributed by atoms with Crippen LogP contribution in [0.1, 0.15) is 11.3 Å². The molecule has 0 saturated carbocycles. The van der Waals surface area contributed by atoms with Crippen molar-refractivity contribution in [1.29, 1.82) is 0 Å². The molecule has 194 valence electrons. The van der Waals surface area contributed by atoms with E-state index in [1.165, 1.54) is 0 Å². The second kappa shape index (κ2) is 10.7. The topological polar surface area (TPSA) is 122 Å². The number of carboxylic acid groups (broad SMARTS) is 1. The molecule has 0 aliphatic heterocycles. The van der Waals surface area contributed by atoms with Gasteiger partial charge in [-0.2, -0.15) is 13.2 Å². The number of fused-ring (bicyclic) bond motifs is 1. The van der Waals surface area contributed by atoms with Crippen LogP contribution in [0.4, 0.5) is 13.2 Å². The van der Waals surface area contributed by atoms with E-state index in [9.17, 15) is 18.3 Å². The van der Waals surface area contributed by atoms with Crippen LogP contribution >= 0.6 is 0 Å². The largest absolute Gasteiger partial charge is 0.493 e. The standard InChI is InChI=1S/C26H21N3O2.C2HF3O2/c1-16-7-12-23(31-16)22-15-28-26(30)21-13-20(18-5-3-2-4-6-18)24(29-25(21)22)19-10-8-17(14-27)9-11-19;3-2(4,5)1(6)7/h2-13,15H,14,27H2,1H3,(H,28,30);(H,6,7). The van der Waals surface area contributed by atoms with Crippen LogP contribution in [0, 0.1) is 6.92 Å². The van der Waals surface area contributed by atoms with Crippen LogP contribution < -0.4 is 5.73 Å². The highest BCUT2D eigenvalue weighted by Crippen LogP contribution is 2.39. The van der Waals surface area contributed by atoms with Gasteiger partial charge in [0.1, 0.15) is 11.5 Å². The normalized spacial score (nSPS) is 11.2. The molecule has 0 atom stereocenters. The molecule has 7 nitrogen and oxygen atoms in total. The summed E-state index contributed by atoms with van der Waals surface area (Å²) in [6.45, 7) is 2.38. The first-order valence-electron chi connectivity index (χ1n) is 11.3. The molecule has 0 saturated heterocycles. The Morgan fingerprint density at radius 1 is 0.974 bits per heavy atom. The predicted molar refractivity (Wildman–Crippen MR) is 136 cm³/mol. The number of benzene rings is 2. The zero-order chi connectivity index (χ0) is 27.4. The molecule has 38 heavy (non-hydrogen) atoms. The van der Waals surface area contributed by atoms with E-state index in [1.807, 2.05) is 79.7 Å². The zero-order valence-corrected chi connectivity index (χ0v) is 20.0. The van der Waals surface area contributed by atoms with Gasteiger partial charge in [-0.25, -0.2) is 14.8 Å². The number of nitrogens with two attached hydrogens (primary N) is 1. The third-order valence-electron chi connectivity index (χ3n) is 5.63. The number of alkyl halides is 3. The fraction of sp³-hybridized carbons (Fsp3) is 0.107. The molecule has 5 rings (SSSR count). The lowest BCUT2D eigenvalue weighted by Crippen LogP contribution is -2.21. The van der Waals surface area contributed by atoms with E-state index >= 15 is 0 Å². The zero-order valence-electron chi connectivity index (χ0n) is 20.0. The third-order valence-corrected chi connectivity index (χ3v) is 5.63. The Morgan fingerprint density at radius 3 is 2.18 bits per heavy atom. The SMILES string of the molecule is Cc1ccc(-c2cnc(O)c3cc(-c4ccccc4)c(-c4ccc(CN)cc4)nc23)o1.O=C(O)C(F)(F)F. The molecular formula is C28H22F3N3O4. The quantitative estimate of drug-likeness (QED) is 0.253. The molecule has 4 N–H and O–H groups in total. The lowest BCUT2D eigenvalue weighted by atomic mass is 9.96. The number of nitrogens with zero attached hydrogens (tertiary/aromatic N) is 2. The van der Waals surface area contributed by atoms with Crippen molar-refractivity contribution in [2.75, 3.05) is 0 Å². The molecule has 0 amide bonds. The molecule has 0 aliphatic rings. The molecule has 0 fully saturated rings. The summed E-state index contributed by atoms with van der Waals surface area (Å²) in [5.41, 5.74) is 11.9. The lowest BCUT2D eigenvalue weighted by Gasteiger charge is -2.14. The van der Waals surface area contributed by atoms with E-state index in [-0.39, 0.29) is 5.88 Å². The van der Waals surface area contributed by atoms with Crippen molar-refractivity contribution in [1.82, 2.24) is 9.97 Å². The molecule has 0 unspecified atom stereocenters. The number of rotatable bonds is 4. The van der Waals surface area contributed by atoms with Crippen molar-refractivity contribution < 1.29 is 32.6 Å². The second-order valence-corrected chi connectivity index (χ2v) is 8.26. The average molecular weight is 521 g/mol. The summed E-state index contributed by atoms with van der Waals surface area (Å²) < 4.78 is 37.6. The molecule has 0 spiro atoms. The maximum absolute atomic E-state index is 10.6. The first-order chi connectivity index (χ1) is 18.1. The van der Waals surface area contributed by atoms with Crippen LogP contribution in [0.25, 0.3) is 44.6 Å². The van der Waals surface area contributed by atoms with Crippen LogP contribution in [0.15, 0.2) is 83.4 Å². The lowest BCUT2D eigenvalue weighted by molar-refractivity contribution is -0.192. The smallest absolute Gasteiger partial charge is 0.490 e. The highest BCUT2D eigenvalue weighted by Gasteiger charge is 2.38. The van der Waals surface area contributed by atoms with Gasteiger partial charge in [0, 0.05) is 23.9 Å². The maximum atomic E-state index is 10.6. The van der Waals surface area contributed by atoms with Crippen molar-refractivity contribution in [2.45, 2.75) is 19.6 Å². The van der Waals surface area contributed by atoms with Crippen molar-refractivity contribution in [3.05, 3.63) is 90.3 Å². The fourth-order valence-electron chi connectivity index (χ4n) is 3.76. The Kier molecular flexibility index (Phi) is 7.45. The molecular weight excluding hydrogens is 499 g/mol. The summed E-state index contributed by atoms with van der Waals surface area (Å²) in [4.78, 5) is 18.1. The van der Waals surface area contributed by atoms with Crippen LogP contribution in [0.2, 0.25) is 0 Å². The molecule has 5 aromatic rings. The number of aliphatic carboxylic acids is 1. The van der Waals surface area contributed by atoms with Crippen LogP contribution in [-0.4, -0.2) is 32.3 Å². The van der Waals surface area contributed by atoms with Gasteiger partial charge in [0.2, 0.25) is 5.88 Å². The van der Waals surface area contributed by atoms with E-state index in [1.54, 1.807) is 6.20 Å². The van der Waals surface area contributed by atoms with Gasteiger partial charge in [-0.3, -0.25) is 0 Å². The Bertz CT molecular complexity index is 1580. The number of pyridine rings is 2. The summed E-state index contributed by atoms with van der Waals surface area (Å²) in [5.74, 6) is -1.35. The maximum Gasteiger partial charge on any atom is 0.490 e. The minimum absolute atomic E-state index is 0.0586. The van der Waals surface area contributed by atoms with Crippen LogP contribution in [0.3, 0.4) is 0 Å². The van der Waals surface area contributed by atoms with E-state index in [0.29, 0.717) is 23.2 Å². The predicted octanol–water partition coefficient (Wildman–Crippen LogP) is 6.33. The van der Waals surface area contributed by atoms with Gasteiger partial charge in [-0.1, -0.05) is 54.6 Å². The van der Waals surface area contributed by atoms with Gasteiger partial charge in [0.25, 0.3) is 0 Å². The number of hydrogen-bond donors (Lipinski definition) is 3. The van der Waals surface area contributed by atoms with E-state index < -0.39 is 12.1 Å². The first-order valence-corrected chi connectivity index (χ1v) is 11.3. The van der Waals surface area contributed by atoms with Crippen LogP contribution in [-0.2, 0) is 11.3 Å². The number of halogens is 3. The Hall–Kier alpha value is -4.70. The highest BCUT2D eigenvalue weighted by molar-refractivity contribution is 6.00. The number of furan rings is 1. The number of carboxylic acids is 1. The minimum Gasteiger partial charge on any atom is -0.493 e. The van der Waals surface area contributed by atoms with Crippen molar-refractivity contribution in [3.8, 4) is 39.6 Å². The summed E-state index contributed by atoms with van der Waals surface area (Å²) in [5, 5.41) is 18.3. The summed E-state index contributed by atoms with van der Waals surface area (Å²) in [6.07, 6.45) is -3.48. The monoisotopic (exact) mass is 521 g/mol. The number of aromatic nitrogens is 2. The van der Waals surface area contributed by atoms with Crippen molar-refractivity contribution >= 4 is 16.9 Å². The van der Waals surface area contributed by atoms with Crippen molar-refractivity contribution in [2.24, 2.45) is 5.73 Å². The summed E-state index contributed by atoms with van der Waals surface area (Å²) in [6, 6.07) is 23.8. The van der Waals surface area contributed by atoms with Gasteiger partial charge in [0.15, 0.2) is 0 Å². The Labute approximate surface area is 215 Å². The van der Waals surface area contributed by atoms with Gasteiger partial charge < -0.3 is 20.4 Å². The van der Waals surface area contributed by atoms with Gasteiger partial charge in [-0.15, -0.1) is 0 Å². The van der Waals surface area contributed by atoms with Gasteiger partial charge >= 0.3 is 12.1 Å². The highest BCUT2D eigenvalue weighted by atomic mass is 19.4. The minimum atomic E-state index is -5.08. The van der Waals surface area contributed by atoms with Gasteiger partial charge in [0.05, 0.1) is 22.2 Å². The second-order valence-electron chi connectivity index (χ2n) is 8.26. The van der Waals surface area contributed by atoms with E-state index in [0.717, 1.165) is 39.3 Å². The molecule has 3 aromatic heterocycles. The Balaban J connectivity index is 0.000000426. The molecule has 0 bridgehead atoms. The van der Waals surface area contributed by atoms with Crippen LogP contribution in [0.5, 0.6) is 5.88 Å². The third kappa shape index (κ3) is 5.65. The molecule has 0 radical (unpaired) electrons. The molecule has 2 aromatic carbocycles. The van der Waals surface area contributed by atoms with Gasteiger partial charge in [-0.05, 0) is 36.2 Å². The number of aryl methyl sites for hydroxylation is 1. The average Bonchev–Trinajstić information content (AvgIpc) is 3.34. The first kappa shape index (κ1) is 26.4. The summed E-state index contributed by atoms with van der Waals surface area (Å²) >= 11 is 0. The fourth-order valence-corrected chi connectivity index (χ4v) is 3.76. The number of carbonyl (C=O) groups is 1. The Morgan fingerprint density at radius 2 is 1.63 bits per heavy atom. The van der Waals surface area contributed by atoms with E-state index in [2.05, 4.69) is 4.98 Å². The number of hydrogen-bond acceptors (Lipinski definition) is 6. The van der Waals surface area contributed by atoms with Crippen molar-refractivity contribution in [3.63, 3.8) is 0 Å². The van der Waals surface area contributed by atoms with E-state index in [4.69, 9.17) is 25.0 Å². The molecule has 10 heteroatoms. The molecule has 3 heterocycles. The summed E-state index contributed by atoms with van der Waals surface area (Å²) in [7, 11) is 0.